The number of sulfonamides is 1. The summed E-state index contributed by atoms with van der Waals surface area (Å²) in [6.07, 6.45) is 6.93. The molecule has 0 spiro atoms. The third-order valence-electron chi connectivity index (χ3n) is 4.61. The van der Waals surface area contributed by atoms with Crippen LogP contribution >= 0.6 is 0 Å². The highest BCUT2D eigenvalue weighted by atomic mass is 32.2. The van der Waals surface area contributed by atoms with Crippen molar-refractivity contribution in [2.45, 2.75) is 32.2 Å². The quantitative estimate of drug-likeness (QED) is 0.639. The van der Waals surface area contributed by atoms with Crippen LogP contribution in [-0.2, 0) is 23.6 Å². The van der Waals surface area contributed by atoms with Crippen molar-refractivity contribution in [2.24, 2.45) is 7.05 Å². The van der Waals surface area contributed by atoms with Gasteiger partial charge < -0.3 is 9.47 Å². The van der Waals surface area contributed by atoms with Gasteiger partial charge in [-0.15, -0.1) is 6.42 Å². The van der Waals surface area contributed by atoms with Gasteiger partial charge in [0, 0.05) is 32.9 Å². The van der Waals surface area contributed by atoms with Crippen LogP contribution in [-0.4, -0.2) is 47.7 Å². The Labute approximate surface area is 167 Å². The second-order valence-corrected chi connectivity index (χ2v) is 8.55. The minimum atomic E-state index is -3.64. The third-order valence-corrected chi connectivity index (χ3v) is 6.62. The van der Waals surface area contributed by atoms with E-state index in [1.807, 2.05) is 31.2 Å². The molecule has 0 aliphatic rings. The van der Waals surface area contributed by atoms with Crippen molar-refractivity contribution in [3.8, 4) is 12.3 Å². The SMILES string of the molecule is C#CCN(Cc1ccc(C)cc1)C(=O)c1cc(S(=O)(=O)N(CC)CC)cn1C. The molecule has 1 heterocycles. The van der Waals surface area contributed by atoms with Crippen LogP contribution in [0.4, 0.5) is 0 Å². The third kappa shape index (κ3) is 4.64. The van der Waals surface area contributed by atoms with Gasteiger partial charge in [0.15, 0.2) is 0 Å². The number of hydrogen-bond donors (Lipinski definition) is 0. The summed E-state index contributed by atoms with van der Waals surface area (Å²) in [6, 6.07) is 9.28. The second-order valence-electron chi connectivity index (χ2n) is 6.61. The van der Waals surface area contributed by atoms with E-state index in [1.54, 1.807) is 20.9 Å². The fraction of sp³-hybridized carbons (Fsp3) is 0.381. The number of aromatic nitrogens is 1. The molecule has 2 aromatic rings. The first-order valence-corrected chi connectivity index (χ1v) is 10.6. The fourth-order valence-electron chi connectivity index (χ4n) is 2.99. The Morgan fingerprint density at radius 1 is 1.18 bits per heavy atom. The van der Waals surface area contributed by atoms with Crippen LogP contribution in [0.25, 0.3) is 0 Å². The Kier molecular flexibility index (Phi) is 7.05. The van der Waals surface area contributed by atoms with Crippen molar-refractivity contribution in [2.75, 3.05) is 19.6 Å². The Balaban J connectivity index is 2.34. The summed E-state index contributed by atoms with van der Waals surface area (Å²) in [5.74, 6) is 2.21. The minimum absolute atomic E-state index is 0.109. The van der Waals surface area contributed by atoms with E-state index >= 15 is 0 Å². The number of benzene rings is 1. The Hall–Kier alpha value is -2.56. The number of rotatable bonds is 8. The summed E-state index contributed by atoms with van der Waals surface area (Å²) in [4.78, 5) is 14.7. The summed E-state index contributed by atoms with van der Waals surface area (Å²) >= 11 is 0. The molecule has 0 saturated carbocycles. The molecule has 150 valence electrons. The van der Waals surface area contributed by atoms with Gasteiger partial charge in [-0.05, 0) is 18.6 Å². The highest BCUT2D eigenvalue weighted by molar-refractivity contribution is 7.89. The van der Waals surface area contributed by atoms with E-state index in [-0.39, 0.29) is 23.0 Å². The molecule has 0 N–H and O–H groups in total. The Morgan fingerprint density at radius 2 is 1.79 bits per heavy atom. The monoisotopic (exact) mass is 401 g/mol. The minimum Gasteiger partial charge on any atom is -0.345 e. The van der Waals surface area contributed by atoms with Crippen molar-refractivity contribution in [1.82, 2.24) is 13.8 Å². The predicted molar refractivity (Wildman–Crippen MR) is 110 cm³/mol. The van der Waals surface area contributed by atoms with E-state index in [4.69, 9.17) is 6.42 Å². The average Bonchev–Trinajstić information content (AvgIpc) is 3.06. The van der Waals surface area contributed by atoms with E-state index in [2.05, 4.69) is 5.92 Å². The lowest BCUT2D eigenvalue weighted by molar-refractivity contribution is 0.0756. The molecule has 0 atom stereocenters. The summed E-state index contributed by atoms with van der Waals surface area (Å²) in [5, 5.41) is 0. The lowest BCUT2D eigenvalue weighted by Gasteiger charge is -2.20. The van der Waals surface area contributed by atoms with Crippen molar-refractivity contribution in [1.29, 1.82) is 0 Å². The molecule has 1 amide bonds. The molecule has 0 bridgehead atoms. The van der Waals surface area contributed by atoms with Crippen LogP contribution in [0.15, 0.2) is 41.4 Å². The zero-order chi connectivity index (χ0) is 20.9. The first-order valence-electron chi connectivity index (χ1n) is 9.19. The molecule has 0 radical (unpaired) electrons. The maximum Gasteiger partial charge on any atom is 0.271 e. The van der Waals surface area contributed by atoms with E-state index in [0.29, 0.717) is 19.6 Å². The predicted octanol–water partition coefficient (Wildman–Crippen LogP) is 2.64. The first kappa shape index (κ1) is 21.7. The van der Waals surface area contributed by atoms with Gasteiger partial charge in [-0.2, -0.15) is 4.31 Å². The lowest BCUT2D eigenvalue weighted by atomic mass is 10.1. The van der Waals surface area contributed by atoms with E-state index in [9.17, 15) is 13.2 Å². The van der Waals surface area contributed by atoms with Gasteiger partial charge in [-0.1, -0.05) is 49.6 Å². The first-order chi connectivity index (χ1) is 13.2. The van der Waals surface area contributed by atoms with E-state index in [1.165, 1.54) is 26.0 Å². The molecule has 28 heavy (non-hydrogen) atoms. The van der Waals surface area contributed by atoms with Crippen LogP contribution in [0, 0.1) is 19.3 Å². The fourth-order valence-corrected chi connectivity index (χ4v) is 4.52. The Morgan fingerprint density at radius 3 is 2.32 bits per heavy atom. The van der Waals surface area contributed by atoms with Gasteiger partial charge in [-0.25, -0.2) is 8.42 Å². The van der Waals surface area contributed by atoms with Gasteiger partial charge in [0.1, 0.15) is 10.6 Å². The second kappa shape index (κ2) is 9.09. The largest absolute Gasteiger partial charge is 0.345 e. The topological polar surface area (TPSA) is 62.6 Å². The summed E-state index contributed by atoms with van der Waals surface area (Å²) in [7, 11) is -1.98. The standard InChI is InChI=1S/C21H27N3O3S/c1-6-13-23(15-18-11-9-17(4)10-12-18)21(25)20-14-19(16-22(20)5)28(26,27)24(7-2)8-3/h1,9-12,14,16H,7-8,13,15H2,2-5H3. The van der Waals surface area contributed by atoms with Crippen LogP contribution in [0.3, 0.4) is 0 Å². The highest BCUT2D eigenvalue weighted by Crippen LogP contribution is 2.20. The van der Waals surface area contributed by atoms with Crippen molar-refractivity contribution in [3.63, 3.8) is 0 Å². The molecule has 6 nitrogen and oxygen atoms in total. The summed E-state index contributed by atoms with van der Waals surface area (Å²) < 4.78 is 28.4. The summed E-state index contributed by atoms with van der Waals surface area (Å²) in [6.45, 7) is 6.79. The Bertz CT molecular complexity index is 965. The molecule has 7 heteroatoms. The van der Waals surface area contributed by atoms with Crippen LogP contribution in [0.5, 0.6) is 0 Å². The maximum absolute atomic E-state index is 13.1. The summed E-state index contributed by atoms with van der Waals surface area (Å²) in [5.41, 5.74) is 2.37. The number of aryl methyl sites for hydroxylation is 2. The molecule has 0 saturated heterocycles. The van der Waals surface area contributed by atoms with Crippen molar-refractivity contribution >= 4 is 15.9 Å². The molecule has 0 aliphatic heterocycles. The number of carbonyl (C=O) groups is 1. The number of nitrogens with zero attached hydrogens (tertiary/aromatic N) is 3. The average molecular weight is 402 g/mol. The van der Waals surface area contributed by atoms with Gasteiger partial charge in [-0.3, -0.25) is 4.79 Å². The van der Waals surface area contributed by atoms with E-state index < -0.39 is 10.0 Å². The molecular weight excluding hydrogens is 374 g/mol. The molecule has 0 unspecified atom stereocenters. The molecule has 2 rings (SSSR count). The van der Waals surface area contributed by atoms with Crippen molar-refractivity contribution < 1.29 is 13.2 Å². The lowest BCUT2D eigenvalue weighted by Crippen LogP contribution is -2.32. The smallest absolute Gasteiger partial charge is 0.271 e. The van der Waals surface area contributed by atoms with Gasteiger partial charge in [0.25, 0.3) is 5.91 Å². The normalized spacial score (nSPS) is 11.4. The molecule has 0 aliphatic carbocycles. The number of hydrogen-bond acceptors (Lipinski definition) is 3. The molecular formula is C21H27N3O3S. The van der Waals surface area contributed by atoms with Gasteiger partial charge >= 0.3 is 0 Å². The molecule has 1 aromatic carbocycles. The number of terminal acetylenes is 1. The highest BCUT2D eigenvalue weighted by Gasteiger charge is 2.27. The van der Waals surface area contributed by atoms with Crippen LogP contribution in [0.2, 0.25) is 0 Å². The van der Waals surface area contributed by atoms with Crippen LogP contribution in [0.1, 0.15) is 35.5 Å². The van der Waals surface area contributed by atoms with E-state index in [0.717, 1.165) is 11.1 Å². The molecule has 0 fully saturated rings. The van der Waals surface area contributed by atoms with Gasteiger partial charge in [0.2, 0.25) is 10.0 Å². The maximum atomic E-state index is 13.1. The van der Waals surface area contributed by atoms with Crippen LogP contribution < -0.4 is 0 Å². The van der Waals surface area contributed by atoms with Crippen molar-refractivity contribution in [3.05, 3.63) is 53.3 Å². The van der Waals surface area contributed by atoms with Gasteiger partial charge in [0.05, 0.1) is 6.54 Å². The zero-order valence-electron chi connectivity index (χ0n) is 16.8. The molecule has 1 aromatic heterocycles. The number of carbonyl (C=O) groups excluding carboxylic acids is 1. The zero-order valence-corrected chi connectivity index (χ0v) is 17.7. The number of amides is 1.